The quantitative estimate of drug-likeness (QED) is 0.623. The van der Waals surface area contributed by atoms with Crippen molar-refractivity contribution in [3.63, 3.8) is 0 Å². The first-order valence-electron chi connectivity index (χ1n) is 7.93. The molecule has 2 amide bonds. The van der Waals surface area contributed by atoms with Crippen LogP contribution in [0.2, 0.25) is 0 Å². The van der Waals surface area contributed by atoms with Crippen LogP contribution in [-0.2, 0) is 9.53 Å². The molecular weight excluding hydrogens is 336 g/mol. The third-order valence-electron chi connectivity index (χ3n) is 4.32. The van der Waals surface area contributed by atoms with Gasteiger partial charge >= 0.3 is 12.0 Å². The van der Waals surface area contributed by atoms with Crippen molar-refractivity contribution in [3.8, 4) is 0 Å². The number of amides is 2. The highest BCUT2D eigenvalue weighted by molar-refractivity contribution is 6.14. The molecule has 1 aromatic carbocycles. The maximum Gasteiger partial charge on any atom is 0.355 e. The molecular formula is C19H18N2O5. The lowest BCUT2D eigenvalue weighted by Crippen LogP contribution is -2.49. The van der Waals surface area contributed by atoms with Crippen LogP contribution in [0, 0.1) is 0 Å². The number of ether oxygens (including phenoxy) is 1. The van der Waals surface area contributed by atoms with Crippen LogP contribution < -0.4 is 0 Å². The maximum atomic E-state index is 13.1. The number of hydrogen-bond acceptors (Lipinski definition) is 5. The number of nitrogens with zero attached hydrogens (tertiary/aromatic N) is 2. The van der Waals surface area contributed by atoms with E-state index >= 15 is 0 Å². The van der Waals surface area contributed by atoms with Gasteiger partial charge in [-0.1, -0.05) is 30.3 Å². The maximum absolute atomic E-state index is 13.1. The average molecular weight is 354 g/mol. The van der Waals surface area contributed by atoms with E-state index in [4.69, 9.17) is 9.15 Å². The first-order chi connectivity index (χ1) is 12.5. The zero-order valence-electron chi connectivity index (χ0n) is 14.6. The van der Waals surface area contributed by atoms with Crippen LogP contribution in [0.5, 0.6) is 0 Å². The van der Waals surface area contributed by atoms with Crippen LogP contribution in [-0.4, -0.2) is 48.8 Å². The fourth-order valence-electron chi connectivity index (χ4n) is 3.09. The summed E-state index contributed by atoms with van der Waals surface area (Å²) in [5.74, 6) is -1.15. The lowest BCUT2D eigenvalue weighted by molar-refractivity contribution is -0.137. The molecule has 0 saturated heterocycles. The summed E-state index contributed by atoms with van der Waals surface area (Å²) in [7, 11) is 4.22. The second-order valence-electron chi connectivity index (χ2n) is 5.83. The van der Waals surface area contributed by atoms with E-state index in [-0.39, 0.29) is 17.0 Å². The van der Waals surface area contributed by atoms with Gasteiger partial charge in [0.05, 0.1) is 25.0 Å². The summed E-state index contributed by atoms with van der Waals surface area (Å²) in [4.78, 5) is 40.8. The minimum Gasteiger partial charge on any atom is -0.464 e. The molecule has 0 aliphatic carbocycles. The highest BCUT2D eigenvalue weighted by Gasteiger charge is 2.43. The number of methoxy groups -OCH3 is 1. The molecule has 1 atom stereocenters. The molecule has 7 heteroatoms. The molecule has 3 rings (SSSR count). The van der Waals surface area contributed by atoms with Gasteiger partial charge in [0.15, 0.2) is 5.76 Å². The Morgan fingerprint density at radius 1 is 1.08 bits per heavy atom. The first kappa shape index (κ1) is 17.5. The number of esters is 1. The molecule has 0 fully saturated rings. The van der Waals surface area contributed by atoms with E-state index in [9.17, 15) is 14.4 Å². The van der Waals surface area contributed by atoms with Gasteiger partial charge in [-0.2, -0.15) is 0 Å². The molecule has 26 heavy (non-hydrogen) atoms. The second kappa shape index (κ2) is 6.87. The SMILES string of the molecule is COC(=O)C1=C(C(=O)c2ccco2)[C@@H](c2ccccc2)N(C)C(=O)N1C. The van der Waals surface area contributed by atoms with Crippen LogP contribution in [0.4, 0.5) is 4.79 Å². The van der Waals surface area contributed by atoms with Crippen molar-refractivity contribution < 1.29 is 23.5 Å². The van der Waals surface area contributed by atoms with Gasteiger partial charge in [0.1, 0.15) is 5.70 Å². The monoisotopic (exact) mass is 354 g/mol. The average Bonchev–Trinajstić information content (AvgIpc) is 3.20. The number of carbonyl (C=O) groups excluding carboxylic acids is 3. The van der Waals surface area contributed by atoms with Crippen molar-refractivity contribution in [2.24, 2.45) is 0 Å². The second-order valence-corrected chi connectivity index (χ2v) is 5.83. The molecule has 2 heterocycles. The number of furan rings is 1. The lowest BCUT2D eigenvalue weighted by atomic mass is 9.89. The molecule has 0 bridgehead atoms. The number of ketones is 1. The summed E-state index contributed by atoms with van der Waals surface area (Å²) in [6, 6.07) is 11.0. The fraction of sp³-hybridized carbons (Fsp3) is 0.211. The molecule has 2 aromatic rings. The predicted molar refractivity (Wildman–Crippen MR) is 92.2 cm³/mol. The molecule has 0 saturated carbocycles. The Morgan fingerprint density at radius 2 is 1.77 bits per heavy atom. The Labute approximate surface area is 150 Å². The first-order valence-corrected chi connectivity index (χ1v) is 7.93. The standard InChI is InChI=1S/C19H18N2O5/c1-20-15(12-8-5-4-6-9-12)14(17(22)13-10-7-11-26-13)16(18(23)25-3)21(2)19(20)24/h4-11,15H,1-3H3/t15-/m1/s1. The molecule has 1 aromatic heterocycles. The molecule has 7 nitrogen and oxygen atoms in total. The molecule has 1 aliphatic rings. The van der Waals surface area contributed by atoms with E-state index in [1.54, 1.807) is 37.4 Å². The zero-order valence-corrected chi connectivity index (χ0v) is 14.6. The Bertz CT molecular complexity index is 871. The highest BCUT2D eigenvalue weighted by atomic mass is 16.5. The summed E-state index contributed by atoms with van der Waals surface area (Å²) >= 11 is 0. The lowest BCUT2D eigenvalue weighted by Gasteiger charge is -2.39. The molecule has 1 aliphatic heterocycles. The molecule has 0 spiro atoms. The Balaban J connectivity index is 2.28. The number of hydrogen-bond donors (Lipinski definition) is 0. The Morgan fingerprint density at radius 3 is 2.35 bits per heavy atom. The summed E-state index contributed by atoms with van der Waals surface area (Å²) in [6.07, 6.45) is 1.38. The summed E-state index contributed by atoms with van der Waals surface area (Å²) in [6.45, 7) is 0. The van der Waals surface area contributed by atoms with Gasteiger partial charge in [-0.15, -0.1) is 0 Å². The van der Waals surface area contributed by atoms with Gasteiger partial charge in [0.25, 0.3) is 0 Å². The summed E-state index contributed by atoms with van der Waals surface area (Å²) in [5.41, 5.74) is 0.737. The van der Waals surface area contributed by atoms with Gasteiger partial charge in [0, 0.05) is 14.1 Å². The minimum absolute atomic E-state index is 0.0819. The van der Waals surface area contributed by atoms with E-state index < -0.39 is 23.8 Å². The number of urea groups is 1. The number of rotatable bonds is 4. The van der Waals surface area contributed by atoms with Gasteiger partial charge < -0.3 is 14.1 Å². The number of likely N-dealkylation sites (N-methyl/N-ethyl adjacent to an activating group) is 2. The largest absolute Gasteiger partial charge is 0.464 e. The number of carbonyl (C=O) groups is 3. The van der Waals surface area contributed by atoms with E-state index in [1.807, 2.05) is 6.07 Å². The van der Waals surface area contributed by atoms with Crippen LogP contribution >= 0.6 is 0 Å². The van der Waals surface area contributed by atoms with Crippen molar-refractivity contribution in [1.82, 2.24) is 9.80 Å². The minimum atomic E-state index is -0.759. The molecule has 0 unspecified atom stereocenters. The van der Waals surface area contributed by atoms with Crippen LogP contribution in [0.15, 0.2) is 64.4 Å². The van der Waals surface area contributed by atoms with Crippen LogP contribution in [0.25, 0.3) is 0 Å². The Kier molecular flexibility index (Phi) is 4.62. The van der Waals surface area contributed by atoms with E-state index in [1.165, 1.54) is 31.4 Å². The van der Waals surface area contributed by atoms with Gasteiger partial charge in [-0.25, -0.2) is 9.59 Å². The highest BCUT2D eigenvalue weighted by Crippen LogP contribution is 2.37. The van der Waals surface area contributed by atoms with Crippen molar-refractivity contribution in [2.75, 3.05) is 21.2 Å². The van der Waals surface area contributed by atoms with Crippen molar-refractivity contribution in [1.29, 1.82) is 0 Å². The van der Waals surface area contributed by atoms with Crippen LogP contribution in [0.1, 0.15) is 22.2 Å². The normalized spacial score (nSPS) is 17.5. The number of benzene rings is 1. The molecule has 0 N–H and O–H groups in total. The van der Waals surface area contributed by atoms with Crippen molar-refractivity contribution in [3.05, 3.63) is 71.3 Å². The predicted octanol–water partition coefficient (Wildman–Crippen LogP) is 2.63. The smallest absolute Gasteiger partial charge is 0.355 e. The summed E-state index contributed by atoms with van der Waals surface area (Å²) < 4.78 is 10.1. The van der Waals surface area contributed by atoms with Crippen molar-refractivity contribution in [2.45, 2.75) is 6.04 Å². The third-order valence-corrected chi connectivity index (χ3v) is 4.32. The van der Waals surface area contributed by atoms with Crippen LogP contribution in [0.3, 0.4) is 0 Å². The zero-order chi connectivity index (χ0) is 18.8. The van der Waals surface area contributed by atoms with Gasteiger partial charge in [0.2, 0.25) is 5.78 Å². The fourth-order valence-corrected chi connectivity index (χ4v) is 3.09. The Hall–Kier alpha value is -3.35. The molecule has 0 radical (unpaired) electrons. The summed E-state index contributed by atoms with van der Waals surface area (Å²) in [5, 5.41) is 0. The van der Waals surface area contributed by atoms with E-state index in [0.29, 0.717) is 5.56 Å². The van der Waals surface area contributed by atoms with Gasteiger partial charge in [-0.05, 0) is 17.7 Å². The van der Waals surface area contributed by atoms with Crippen molar-refractivity contribution >= 4 is 17.8 Å². The topological polar surface area (TPSA) is 80.1 Å². The number of Topliss-reactive ketones (excluding diaryl/α,β-unsaturated/α-hetero) is 1. The van der Waals surface area contributed by atoms with E-state index in [0.717, 1.165) is 4.90 Å². The third kappa shape index (κ3) is 2.77. The van der Waals surface area contributed by atoms with E-state index in [2.05, 4.69) is 0 Å². The molecule has 134 valence electrons. The van der Waals surface area contributed by atoms with Gasteiger partial charge in [-0.3, -0.25) is 9.69 Å².